The van der Waals surface area contributed by atoms with E-state index in [1.807, 2.05) is 0 Å². The van der Waals surface area contributed by atoms with Gasteiger partial charge in [-0.15, -0.1) is 0 Å². The molecule has 0 saturated carbocycles. The summed E-state index contributed by atoms with van der Waals surface area (Å²) in [7, 11) is 0. The van der Waals surface area contributed by atoms with Crippen LogP contribution in [-0.4, -0.2) is 10.9 Å². The lowest BCUT2D eigenvalue weighted by molar-refractivity contribution is -0.116. The second kappa shape index (κ2) is 3.94. The molecular formula is C10H13NO2. The molecule has 3 N–H and O–H groups in total. The van der Waals surface area contributed by atoms with Crippen LogP contribution in [0.15, 0.2) is 18.2 Å². The highest BCUT2D eigenvalue weighted by Crippen LogP contribution is 2.19. The zero-order chi connectivity index (χ0) is 9.84. The second-order valence-corrected chi connectivity index (χ2v) is 3.09. The van der Waals surface area contributed by atoms with Crippen molar-refractivity contribution < 1.29 is 9.90 Å². The molecule has 1 aromatic carbocycles. The Bertz CT molecular complexity index is 321. The number of hydrogen-bond acceptors (Lipinski definition) is 3. The first-order valence-electron chi connectivity index (χ1n) is 4.16. The third-order valence-electron chi connectivity index (χ3n) is 1.87. The number of nitrogen functional groups attached to an aromatic ring is 1. The Morgan fingerprint density at radius 3 is 2.85 bits per heavy atom. The molecule has 0 fully saturated rings. The van der Waals surface area contributed by atoms with E-state index in [2.05, 4.69) is 0 Å². The van der Waals surface area contributed by atoms with E-state index < -0.39 is 0 Å². The number of aromatic hydroxyl groups is 1. The van der Waals surface area contributed by atoms with Crippen LogP contribution in [0.25, 0.3) is 0 Å². The highest BCUT2D eigenvalue weighted by molar-refractivity contribution is 5.76. The van der Waals surface area contributed by atoms with E-state index in [-0.39, 0.29) is 11.5 Å². The average Bonchev–Trinajstić information content (AvgIpc) is 2.06. The van der Waals surface area contributed by atoms with E-state index in [1.165, 1.54) is 6.07 Å². The number of benzene rings is 1. The number of rotatable bonds is 3. The molecule has 0 aliphatic rings. The minimum Gasteiger partial charge on any atom is -0.508 e. The molecule has 70 valence electrons. The average molecular weight is 179 g/mol. The Hall–Kier alpha value is -1.51. The van der Waals surface area contributed by atoms with Gasteiger partial charge < -0.3 is 15.6 Å². The van der Waals surface area contributed by atoms with E-state index in [1.54, 1.807) is 19.1 Å². The Kier molecular flexibility index (Phi) is 2.90. The molecule has 3 nitrogen and oxygen atoms in total. The van der Waals surface area contributed by atoms with Gasteiger partial charge in [0.15, 0.2) is 0 Å². The van der Waals surface area contributed by atoms with Gasteiger partial charge in [-0.05, 0) is 37.1 Å². The Morgan fingerprint density at radius 2 is 2.23 bits per heavy atom. The molecule has 13 heavy (non-hydrogen) atoms. The lowest BCUT2D eigenvalue weighted by atomic mass is 10.1. The van der Waals surface area contributed by atoms with Crippen molar-refractivity contribution in [1.29, 1.82) is 0 Å². The molecule has 1 rings (SSSR count). The third-order valence-corrected chi connectivity index (χ3v) is 1.87. The van der Waals surface area contributed by atoms with Crippen molar-refractivity contribution in [2.24, 2.45) is 0 Å². The van der Waals surface area contributed by atoms with Gasteiger partial charge in [-0.1, -0.05) is 0 Å². The molecule has 0 spiro atoms. The minimum absolute atomic E-state index is 0.128. The Morgan fingerprint density at radius 1 is 1.54 bits per heavy atom. The SMILES string of the molecule is CC(=O)CCc1cc(O)ccc1N. The Labute approximate surface area is 77.2 Å². The van der Waals surface area contributed by atoms with Crippen molar-refractivity contribution in [3.63, 3.8) is 0 Å². The molecule has 0 saturated heterocycles. The van der Waals surface area contributed by atoms with Crippen LogP contribution in [-0.2, 0) is 11.2 Å². The van der Waals surface area contributed by atoms with Crippen LogP contribution in [0.2, 0.25) is 0 Å². The molecule has 1 aromatic rings. The van der Waals surface area contributed by atoms with Crippen LogP contribution in [0.1, 0.15) is 18.9 Å². The molecule has 3 heteroatoms. The molecule has 0 radical (unpaired) electrons. The molecule has 0 aliphatic carbocycles. The van der Waals surface area contributed by atoms with Crippen molar-refractivity contribution in [3.8, 4) is 5.75 Å². The Balaban J connectivity index is 2.75. The van der Waals surface area contributed by atoms with Crippen LogP contribution in [0.3, 0.4) is 0 Å². The van der Waals surface area contributed by atoms with Gasteiger partial charge in [-0.25, -0.2) is 0 Å². The molecular weight excluding hydrogens is 166 g/mol. The zero-order valence-electron chi connectivity index (χ0n) is 7.58. The van der Waals surface area contributed by atoms with Gasteiger partial charge >= 0.3 is 0 Å². The number of nitrogens with two attached hydrogens (primary N) is 1. The molecule has 0 heterocycles. The number of hydrogen-bond donors (Lipinski definition) is 2. The predicted molar refractivity (Wildman–Crippen MR) is 51.5 cm³/mol. The lowest BCUT2D eigenvalue weighted by Gasteiger charge is -2.04. The van der Waals surface area contributed by atoms with E-state index >= 15 is 0 Å². The van der Waals surface area contributed by atoms with Gasteiger partial charge in [0.2, 0.25) is 0 Å². The van der Waals surface area contributed by atoms with Gasteiger partial charge in [0.05, 0.1) is 0 Å². The lowest BCUT2D eigenvalue weighted by Crippen LogP contribution is -1.98. The first kappa shape index (κ1) is 9.58. The van der Waals surface area contributed by atoms with Crippen molar-refractivity contribution >= 4 is 11.5 Å². The highest BCUT2D eigenvalue weighted by atomic mass is 16.3. The van der Waals surface area contributed by atoms with E-state index in [4.69, 9.17) is 10.8 Å². The number of phenols is 1. The van der Waals surface area contributed by atoms with Gasteiger partial charge in [0.25, 0.3) is 0 Å². The summed E-state index contributed by atoms with van der Waals surface area (Å²) in [5, 5.41) is 9.16. The molecule has 0 atom stereocenters. The standard InChI is InChI=1S/C10H13NO2/c1-7(12)2-3-8-6-9(13)4-5-10(8)11/h4-6,13H,2-3,11H2,1H3. The van der Waals surface area contributed by atoms with Gasteiger partial charge in [0.1, 0.15) is 11.5 Å². The van der Waals surface area contributed by atoms with E-state index in [0.717, 1.165) is 5.56 Å². The number of Topliss-reactive ketones (excluding diaryl/α,β-unsaturated/α-hetero) is 1. The van der Waals surface area contributed by atoms with E-state index in [9.17, 15) is 4.79 Å². The zero-order valence-corrected chi connectivity index (χ0v) is 7.58. The second-order valence-electron chi connectivity index (χ2n) is 3.09. The molecule has 0 unspecified atom stereocenters. The number of anilines is 1. The van der Waals surface area contributed by atoms with Crippen molar-refractivity contribution in [2.75, 3.05) is 5.73 Å². The fraction of sp³-hybridized carbons (Fsp3) is 0.300. The largest absolute Gasteiger partial charge is 0.508 e. The topological polar surface area (TPSA) is 63.3 Å². The first-order chi connectivity index (χ1) is 6.09. The molecule has 0 amide bonds. The van der Waals surface area contributed by atoms with Crippen LogP contribution in [0.4, 0.5) is 5.69 Å². The summed E-state index contributed by atoms with van der Waals surface area (Å²) in [6.07, 6.45) is 1.06. The normalized spacial score (nSPS) is 9.92. The van der Waals surface area contributed by atoms with Crippen molar-refractivity contribution in [2.45, 2.75) is 19.8 Å². The summed E-state index contributed by atoms with van der Waals surface area (Å²) in [6, 6.07) is 4.77. The minimum atomic E-state index is 0.128. The monoisotopic (exact) mass is 179 g/mol. The quantitative estimate of drug-likeness (QED) is 0.546. The molecule has 0 bridgehead atoms. The number of phenolic OH excluding ortho intramolecular Hbond substituents is 1. The van der Waals surface area contributed by atoms with Crippen LogP contribution < -0.4 is 5.73 Å². The number of aryl methyl sites for hydroxylation is 1. The van der Waals surface area contributed by atoms with Gasteiger partial charge in [-0.2, -0.15) is 0 Å². The van der Waals surface area contributed by atoms with E-state index in [0.29, 0.717) is 18.5 Å². The maximum absolute atomic E-state index is 10.7. The number of ketones is 1. The molecule has 0 aromatic heterocycles. The predicted octanol–water partition coefficient (Wildman–Crippen LogP) is 1.50. The van der Waals surface area contributed by atoms with Gasteiger partial charge in [-0.3, -0.25) is 0 Å². The van der Waals surface area contributed by atoms with Crippen LogP contribution in [0.5, 0.6) is 5.75 Å². The van der Waals surface area contributed by atoms with Crippen LogP contribution >= 0.6 is 0 Å². The first-order valence-corrected chi connectivity index (χ1v) is 4.16. The summed E-state index contributed by atoms with van der Waals surface area (Å²) < 4.78 is 0. The highest BCUT2D eigenvalue weighted by Gasteiger charge is 2.02. The maximum Gasteiger partial charge on any atom is 0.130 e. The third kappa shape index (κ3) is 2.78. The maximum atomic E-state index is 10.7. The summed E-state index contributed by atoms with van der Waals surface area (Å²) in [5.41, 5.74) is 7.11. The van der Waals surface area contributed by atoms with Crippen molar-refractivity contribution in [1.82, 2.24) is 0 Å². The molecule has 0 aliphatic heterocycles. The van der Waals surface area contributed by atoms with Gasteiger partial charge in [0, 0.05) is 12.1 Å². The number of carbonyl (C=O) groups excluding carboxylic acids is 1. The van der Waals surface area contributed by atoms with Crippen molar-refractivity contribution in [3.05, 3.63) is 23.8 Å². The number of carbonyl (C=O) groups is 1. The summed E-state index contributed by atoms with van der Waals surface area (Å²) in [5.74, 6) is 0.315. The summed E-state index contributed by atoms with van der Waals surface area (Å²) >= 11 is 0. The fourth-order valence-corrected chi connectivity index (χ4v) is 1.12. The summed E-state index contributed by atoms with van der Waals surface area (Å²) in [4.78, 5) is 10.7. The fourth-order valence-electron chi connectivity index (χ4n) is 1.12. The summed E-state index contributed by atoms with van der Waals surface area (Å²) in [6.45, 7) is 1.54. The smallest absolute Gasteiger partial charge is 0.130 e. The van der Waals surface area contributed by atoms with Crippen LogP contribution in [0, 0.1) is 0 Å².